The van der Waals surface area contributed by atoms with Crippen molar-refractivity contribution >= 4 is 5.96 Å². The zero-order valence-corrected chi connectivity index (χ0v) is 16.6. The number of rotatable bonds is 7. The van der Waals surface area contributed by atoms with E-state index in [1.54, 1.807) is 0 Å². The van der Waals surface area contributed by atoms with Gasteiger partial charge < -0.3 is 20.1 Å². The van der Waals surface area contributed by atoms with Crippen molar-refractivity contribution in [3.8, 4) is 0 Å². The summed E-state index contributed by atoms with van der Waals surface area (Å²) < 4.78 is 2.22. The third kappa shape index (κ3) is 6.69. The lowest BCUT2D eigenvalue weighted by Crippen LogP contribution is -2.49. The van der Waals surface area contributed by atoms with E-state index in [9.17, 15) is 0 Å². The Bertz CT molecular complexity index is 526. The Kier molecular flexibility index (Phi) is 7.75. The second kappa shape index (κ2) is 9.80. The van der Waals surface area contributed by atoms with Crippen LogP contribution in [0.3, 0.4) is 0 Å². The largest absolute Gasteiger partial charge is 0.354 e. The molecule has 0 spiro atoms. The zero-order valence-electron chi connectivity index (χ0n) is 16.6. The Morgan fingerprint density at radius 1 is 1.20 bits per heavy atom. The summed E-state index contributed by atoms with van der Waals surface area (Å²) >= 11 is 0. The molecule has 2 rings (SSSR count). The van der Waals surface area contributed by atoms with Crippen molar-refractivity contribution in [2.75, 3.05) is 26.7 Å². The number of imidazole rings is 1. The van der Waals surface area contributed by atoms with Crippen molar-refractivity contribution in [3.63, 3.8) is 0 Å². The molecule has 1 aliphatic rings. The lowest BCUT2D eigenvalue weighted by Gasteiger charge is -2.33. The third-order valence-electron chi connectivity index (χ3n) is 4.55. The Balaban J connectivity index is 1.77. The van der Waals surface area contributed by atoms with Crippen LogP contribution < -0.4 is 10.6 Å². The van der Waals surface area contributed by atoms with Gasteiger partial charge in [-0.2, -0.15) is 0 Å². The van der Waals surface area contributed by atoms with E-state index in [0.717, 1.165) is 24.2 Å². The number of aromatic nitrogens is 2. The van der Waals surface area contributed by atoms with E-state index >= 15 is 0 Å². The highest BCUT2D eigenvalue weighted by Gasteiger charge is 2.20. The van der Waals surface area contributed by atoms with Crippen LogP contribution in [0.2, 0.25) is 0 Å². The number of guanidine groups is 1. The highest BCUT2D eigenvalue weighted by molar-refractivity contribution is 5.79. The SMILES string of the molecule is CN=C(NCc1nccn1CC(C)C)NC1CCN(CC(C)C)CC1. The smallest absolute Gasteiger partial charge is 0.191 e. The van der Waals surface area contributed by atoms with E-state index in [0.29, 0.717) is 18.5 Å². The number of hydrogen-bond donors (Lipinski definition) is 2. The van der Waals surface area contributed by atoms with E-state index < -0.39 is 0 Å². The molecule has 0 aliphatic carbocycles. The van der Waals surface area contributed by atoms with E-state index in [4.69, 9.17) is 0 Å². The highest BCUT2D eigenvalue weighted by Crippen LogP contribution is 2.12. The van der Waals surface area contributed by atoms with Crippen LogP contribution >= 0.6 is 0 Å². The molecule has 142 valence electrons. The van der Waals surface area contributed by atoms with Gasteiger partial charge in [0.1, 0.15) is 5.82 Å². The topological polar surface area (TPSA) is 57.5 Å². The summed E-state index contributed by atoms with van der Waals surface area (Å²) in [7, 11) is 1.84. The van der Waals surface area contributed by atoms with Crippen molar-refractivity contribution in [3.05, 3.63) is 18.2 Å². The molecule has 0 atom stereocenters. The number of likely N-dealkylation sites (tertiary alicyclic amines) is 1. The van der Waals surface area contributed by atoms with Gasteiger partial charge in [-0.3, -0.25) is 4.99 Å². The number of hydrogen-bond acceptors (Lipinski definition) is 3. The molecule has 1 aromatic rings. The summed E-state index contributed by atoms with van der Waals surface area (Å²) in [4.78, 5) is 11.4. The fourth-order valence-corrected chi connectivity index (χ4v) is 3.39. The number of nitrogens with one attached hydrogen (secondary N) is 2. The molecule has 25 heavy (non-hydrogen) atoms. The van der Waals surface area contributed by atoms with Gasteiger partial charge in [0.05, 0.1) is 6.54 Å². The molecule has 2 heterocycles. The molecule has 0 saturated carbocycles. The average molecular weight is 349 g/mol. The molecule has 0 radical (unpaired) electrons. The van der Waals surface area contributed by atoms with Crippen LogP contribution in [-0.4, -0.2) is 53.1 Å². The molecular weight excluding hydrogens is 312 g/mol. The van der Waals surface area contributed by atoms with Crippen LogP contribution in [0.15, 0.2) is 17.4 Å². The van der Waals surface area contributed by atoms with Gasteiger partial charge in [0.25, 0.3) is 0 Å². The second-order valence-corrected chi connectivity index (χ2v) is 7.93. The Labute approximate surface area is 153 Å². The van der Waals surface area contributed by atoms with Crippen LogP contribution in [-0.2, 0) is 13.1 Å². The van der Waals surface area contributed by atoms with Crippen LogP contribution in [0.4, 0.5) is 0 Å². The van der Waals surface area contributed by atoms with Gasteiger partial charge >= 0.3 is 0 Å². The second-order valence-electron chi connectivity index (χ2n) is 7.93. The van der Waals surface area contributed by atoms with Gasteiger partial charge in [-0.1, -0.05) is 27.7 Å². The number of nitrogens with zero attached hydrogens (tertiary/aromatic N) is 4. The van der Waals surface area contributed by atoms with Gasteiger partial charge in [-0.25, -0.2) is 4.98 Å². The fraction of sp³-hybridized carbons (Fsp3) is 0.789. The predicted molar refractivity (Wildman–Crippen MR) is 105 cm³/mol. The Morgan fingerprint density at radius 3 is 2.48 bits per heavy atom. The quantitative estimate of drug-likeness (QED) is 0.586. The van der Waals surface area contributed by atoms with E-state index in [1.165, 1.54) is 32.5 Å². The monoisotopic (exact) mass is 348 g/mol. The Morgan fingerprint density at radius 2 is 1.88 bits per heavy atom. The van der Waals surface area contributed by atoms with Crippen molar-refractivity contribution in [1.29, 1.82) is 0 Å². The summed E-state index contributed by atoms with van der Waals surface area (Å²) in [6, 6.07) is 0.505. The molecule has 0 bridgehead atoms. The van der Waals surface area contributed by atoms with Gasteiger partial charge in [0.2, 0.25) is 0 Å². The van der Waals surface area contributed by atoms with Gasteiger partial charge in [0, 0.05) is 51.7 Å². The predicted octanol–water partition coefficient (Wildman–Crippen LogP) is 2.32. The Hall–Kier alpha value is -1.56. The van der Waals surface area contributed by atoms with E-state index in [-0.39, 0.29) is 0 Å². The van der Waals surface area contributed by atoms with E-state index in [1.807, 2.05) is 13.2 Å². The summed E-state index contributed by atoms with van der Waals surface area (Å²) in [5, 5.41) is 7.00. The molecule has 0 aromatic carbocycles. The number of piperidine rings is 1. The standard InChI is InChI=1S/C19H36N6/c1-15(2)13-24-9-6-17(7-10-24)23-19(20-5)22-12-18-21-8-11-25(18)14-16(3)4/h8,11,15-17H,6-7,9-10,12-14H2,1-5H3,(H2,20,22,23). The maximum Gasteiger partial charge on any atom is 0.191 e. The minimum absolute atomic E-state index is 0.505. The van der Waals surface area contributed by atoms with Gasteiger partial charge in [-0.05, 0) is 24.7 Å². The first-order valence-corrected chi connectivity index (χ1v) is 9.67. The molecule has 1 fully saturated rings. The first kappa shape index (κ1) is 19.8. The highest BCUT2D eigenvalue weighted by atomic mass is 15.2. The molecular formula is C19H36N6. The van der Waals surface area contributed by atoms with Crippen molar-refractivity contribution in [2.24, 2.45) is 16.8 Å². The van der Waals surface area contributed by atoms with Gasteiger partial charge in [-0.15, -0.1) is 0 Å². The molecule has 1 aliphatic heterocycles. The zero-order chi connectivity index (χ0) is 18.2. The molecule has 0 unspecified atom stereocenters. The first-order chi connectivity index (χ1) is 12.0. The maximum absolute atomic E-state index is 4.47. The van der Waals surface area contributed by atoms with Crippen molar-refractivity contribution in [1.82, 2.24) is 25.1 Å². The first-order valence-electron chi connectivity index (χ1n) is 9.67. The molecule has 0 amide bonds. The molecule has 6 heteroatoms. The van der Waals surface area contributed by atoms with Crippen LogP contribution in [0.5, 0.6) is 0 Å². The van der Waals surface area contributed by atoms with Crippen LogP contribution in [0.25, 0.3) is 0 Å². The minimum Gasteiger partial charge on any atom is -0.354 e. The van der Waals surface area contributed by atoms with Crippen molar-refractivity contribution < 1.29 is 0 Å². The lowest BCUT2D eigenvalue weighted by atomic mass is 10.0. The molecule has 6 nitrogen and oxygen atoms in total. The maximum atomic E-state index is 4.47. The third-order valence-corrected chi connectivity index (χ3v) is 4.55. The average Bonchev–Trinajstić information content (AvgIpc) is 2.99. The van der Waals surface area contributed by atoms with Crippen LogP contribution in [0.1, 0.15) is 46.4 Å². The van der Waals surface area contributed by atoms with Crippen molar-refractivity contribution in [2.45, 2.75) is 59.7 Å². The minimum atomic E-state index is 0.505. The molecule has 1 saturated heterocycles. The van der Waals surface area contributed by atoms with E-state index in [2.05, 4.69) is 64.0 Å². The normalized spacial score (nSPS) is 17.5. The summed E-state index contributed by atoms with van der Waals surface area (Å²) in [6.07, 6.45) is 6.28. The number of aliphatic imine (C=N–C) groups is 1. The summed E-state index contributed by atoms with van der Waals surface area (Å²) in [5.41, 5.74) is 0. The lowest BCUT2D eigenvalue weighted by molar-refractivity contribution is 0.187. The van der Waals surface area contributed by atoms with Gasteiger partial charge in [0.15, 0.2) is 5.96 Å². The molecule has 1 aromatic heterocycles. The summed E-state index contributed by atoms with van der Waals surface area (Å²) in [6.45, 7) is 14.3. The molecule has 2 N–H and O–H groups in total. The van der Waals surface area contributed by atoms with Crippen LogP contribution in [0, 0.1) is 11.8 Å². The summed E-state index contributed by atoms with van der Waals surface area (Å²) in [5.74, 6) is 3.29. The fourth-order valence-electron chi connectivity index (χ4n) is 3.39.